The van der Waals surface area contributed by atoms with Gasteiger partial charge in [-0.25, -0.2) is 9.97 Å². The van der Waals surface area contributed by atoms with Crippen molar-refractivity contribution < 1.29 is 4.42 Å². The number of benzene rings is 1. The third-order valence-electron chi connectivity index (χ3n) is 4.76. The quantitative estimate of drug-likeness (QED) is 0.235. The first-order valence-corrected chi connectivity index (χ1v) is 11.3. The molecule has 154 valence electrons. The fraction of sp³-hybridized carbons (Fsp3) is 0.0909. The number of H-pyrrole nitrogens is 1. The van der Waals surface area contributed by atoms with Gasteiger partial charge in [-0.3, -0.25) is 14.2 Å². The van der Waals surface area contributed by atoms with Crippen molar-refractivity contribution in [3.05, 3.63) is 87.2 Å². The summed E-state index contributed by atoms with van der Waals surface area (Å²) in [5.41, 5.74) is 1.02. The molecule has 4 aromatic heterocycles. The van der Waals surface area contributed by atoms with Gasteiger partial charge in [0.25, 0.3) is 11.1 Å². The Bertz CT molecular complexity index is 1530. The number of fused-ring (bicyclic) bond motifs is 2. The molecule has 0 aliphatic carbocycles. The zero-order valence-corrected chi connectivity index (χ0v) is 17.8. The molecule has 4 heterocycles. The normalized spacial score (nSPS) is 11.4. The first-order valence-electron chi connectivity index (χ1n) is 9.43. The van der Waals surface area contributed by atoms with Crippen LogP contribution in [0.4, 0.5) is 0 Å². The topological polar surface area (TPSA) is 93.8 Å². The molecule has 7 nitrogen and oxygen atoms in total. The maximum Gasteiger partial charge on any atom is 0.262 e. The molecule has 9 heteroatoms. The summed E-state index contributed by atoms with van der Waals surface area (Å²) in [4.78, 5) is 38.4. The minimum atomic E-state index is -0.219. The van der Waals surface area contributed by atoms with Gasteiger partial charge >= 0.3 is 0 Å². The molecule has 5 aromatic rings. The molecular weight excluding hydrogens is 432 g/mol. The van der Waals surface area contributed by atoms with E-state index in [9.17, 15) is 9.59 Å². The van der Waals surface area contributed by atoms with Crippen molar-refractivity contribution >= 4 is 44.2 Å². The minimum absolute atomic E-state index is 0.119. The van der Waals surface area contributed by atoms with E-state index in [4.69, 9.17) is 4.42 Å². The summed E-state index contributed by atoms with van der Waals surface area (Å²) in [5, 5.41) is 3.50. The SMILES string of the molecule is C=CCn1c(SCc2nc3scc(-c4ccco4)c3c(=O)[nH]2)nc2ccccc2c1=O. The van der Waals surface area contributed by atoms with Gasteiger partial charge in [0.05, 0.1) is 28.3 Å². The van der Waals surface area contributed by atoms with Crippen molar-refractivity contribution in [2.75, 3.05) is 0 Å². The minimum Gasteiger partial charge on any atom is -0.464 e. The largest absolute Gasteiger partial charge is 0.464 e. The summed E-state index contributed by atoms with van der Waals surface area (Å²) >= 11 is 2.74. The number of aromatic amines is 1. The van der Waals surface area contributed by atoms with Crippen molar-refractivity contribution in [3.8, 4) is 11.3 Å². The lowest BCUT2D eigenvalue weighted by Crippen LogP contribution is -2.22. The molecule has 0 aliphatic rings. The number of thioether (sulfide) groups is 1. The Balaban J connectivity index is 1.51. The Morgan fingerprint density at radius 3 is 2.87 bits per heavy atom. The fourth-order valence-electron chi connectivity index (χ4n) is 3.36. The van der Waals surface area contributed by atoms with Gasteiger partial charge in [0.15, 0.2) is 5.16 Å². The number of aromatic nitrogens is 4. The number of hydrogen-bond acceptors (Lipinski definition) is 7. The summed E-state index contributed by atoms with van der Waals surface area (Å²) in [6, 6.07) is 10.8. The first-order chi connectivity index (χ1) is 15.2. The van der Waals surface area contributed by atoms with Gasteiger partial charge in [0.1, 0.15) is 16.4 Å². The number of rotatable bonds is 6. The van der Waals surface area contributed by atoms with Gasteiger partial charge in [-0.05, 0) is 24.3 Å². The van der Waals surface area contributed by atoms with Crippen LogP contribution in [-0.4, -0.2) is 19.5 Å². The first kappa shape index (κ1) is 19.5. The average molecular weight is 449 g/mol. The molecular formula is C22H16N4O3S2. The van der Waals surface area contributed by atoms with Gasteiger partial charge in [-0.2, -0.15) is 0 Å². The van der Waals surface area contributed by atoms with E-state index in [-0.39, 0.29) is 11.1 Å². The van der Waals surface area contributed by atoms with Crippen LogP contribution in [0.15, 0.2) is 79.9 Å². The van der Waals surface area contributed by atoms with E-state index < -0.39 is 0 Å². The predicted molar refractivity (Wildman–Crippen MR) is 124 cm³/mol. The molecule has 31 heavy (non-hydrogen) atoms. The maximum atomic E-state index is 12.9. The Kier molecular flexibility index (Phi) is 5.05. The molecule has 0 radical (unpaired) electrons. The van der Waals surface area contributed by atoms with E-state index in [2.05, 4.69) is 21.5 Å². The number of furan rings is 1. The van der Waals surface area contributed by atoms with E-state index in [0.717, 1.165) is 5.56 Å². The number of thiophene rings is 1. The van der Waals surface area contributed by atoms with Crippen LogP contribution >= 0.6 is 23.1 Å². The second kappa shape index (κ2) is 8.01. The molecule has 1 aromatic carbocycles. The van der Waals surface area contributed by atoms with Crippen molar-refractivity contribution in [1.29, 1.82) is 0 Å². The third kappa shape index (κ3) is 3.51. The third-order valence-corrected chi connectivity index (χ3v) is 6.62. The van der Waals surface area contributed by atoms with Gasteiger partial charge in [0, 0.05) is 17.5 Å². The molecule has 0 aliphatic heterocycles. The van der Waals surface area contributed by atoms with Crippen molar-refractivity contribution in [1.82, 2.24) is 19.5 Å². The number of nitrogens with one attached hydrogen (secondary N) is 1. The monoisotopic (exact) mass is 448 g/mol. The lowest BCUT2D eigenvalue weighted by molar-refractivity contribution is 0.583. The summed E-state index contributed by atoms with van der Waals surface area (Å²) in [7, 11) is 0. The summed E-state index contributed by atoms with van der Waals surface area (Å²) in [6.45, 7) is 4.09. The summed E-state index contributed by atoms with van der Waals surface area (Å²) < 4.78 is 7.01. The highest BCUT2D eigenvalue weighted by molar-refractivity contribution is 7.98. The Morgan fingerprint density at radius 2 is 2.06 bits per heavy atom. The van der Waals surface area contributed by atoms with Gasteiger partial charge < -0.3 is 9.40 Å². The van der Waals surface area contributed by atoms with Crippen molar-refractivity contribution in [3.63, 3.8) is 0 Å². The molecule has 0 amide bonds. The molecule has 0 bridgehead atoms. The lowest BCUT2D eigenvalue weighted by atomic mass is 10.2. The molecule has 5 rings (SSSR count). The Hall–Kier alpha value is -3.43. The van der Waals surface area contributed by atoms with Crippen LogP contribution in [0.3, 0.4) is 0 Å². The van der Waals surface area contributed by atoms with Gasteiger partial charge in [0.2, 0.25) is 0 Å². The zero-order valence-electron chi connectivity index (χ0n) is 16.2. The summed E-state index contributed by atoms with van der Waals surface area (Å²) in [5.74, 6) is 1.51. The van der Waals surface area contributed by atoms with Crippen LogP contribution < -0.4 is 11.1 Å². The van der Waals surface area contributed by atoms with Crippen LogP contribution in [0.5, 0.6) is 0 Å². The Labute approximate surface area is 184 Å². The second-order valence-corrected chi connectivity index (χ2v) is 8.52. The number of hydrogen-bond donors (Lipinski definition) is 1. The van der Waals surface area contributed by atoms with Crippen LogP contribution in [0, 0.1) is 0 Å². The van der Waals surface area contributed by atoms with E-state index in [1.807, 2.05) is 29.6 Å². The molecule has 0 atom stereocenters. The highest BCUT2D eigenvalue weighted by Gasteiger charge is 2.16. The Morgan fingerprint density at radius 1 is 1.19 bits per heavy atom. The van der Waals surface area contributed by atoms with Crippen LogP contribution in [0.2, 0.25) is 0 Å². The highest BCUT2D eigenvalue weighted by atomic mass is 32.2. The van der Waals surface area contributed by atoms with E-state index in [0.29, 0.717) is 50.2 Å². The average Bonchev–Trinajstić information content (AvgIpc) is 3.44. The van der Waals surface area contributed by atoms with Crippen LogP contribution in [0.25, 0.3) is 32.4 Å². The zero-order chi connectivity index (χ0) is 21.4. The number of para-hydroxylation sites is 1. The number of nitrogens with zero attached hydrogens (tertiary/aromatic N) is 3. The second-order valence-electron chi connectivity index (χ2n) is 6.72. The predicted octanol–water partition coefficient (Wildman–Crippen LogP) is 4.43. The van der Waals surface area contributed by atoms with E-state index in [1.54, 1.807) is 29.0 Å². The van der Waals surface area contributed by atoms with E-state index in [1.165, 1.54) is 23.1 Å². The molecule has 0 saturated carbocycles. The fourth-order valence-corrected chi connectivity index (χ4v) is 5.18. The van der Waals surface area contributed by atoms with Crippen LogP contribution in [-0.2, 0) is 12.3 Å². The molecule has 0 fully saturated rings. The van der Waals surface area contributed by atoms with Gasteiger partial charge in [-0.1, -0.05) is 30.0 Å². The lowest BCUT2D eigenvalue weighted by Gasteiger charge is -2.11. The van der Waals surface area contributed by atoms with Gasteiger partial charge in [-0.15, -0.1) is 17.9 Å². The molecule has 0 saturated heterocycles. The standard InChI is InChI=1S/C22H16N4O3S2/c1-2-9-26-21(28)13-6-3-4-7-15(13)23-22(26)31-12-17-24-19(27)18-14(11-30-20(18)25-17)16-8-5-10-29-16/h2-8,10-11H,1,9,12H2,(H,24,25,27). The highest BCUT2D eigenvalue weighted by Crippen LogP contribution is 2.31. The van der Waals surface area contributed by atoms with Crippen molar-refractivity contribution in [2.45, 2.75) is 17.5 Å². The number of allylic oxidation sites excluding steroid dienone is 1. The van der Waals surface area contributed by atoms with E-state index >= 15 is 0 Å². The smallest absolute Gasteiger partial charge is 0.262 e. The summed E-state index contributed by atoms with van der Waals surface area (Å²) in [6.07, 6.45) is 3.24. The molecule has 0 unspecified atom stereocenters. The van der Waals surface area contributed by atoms with Crippen molar-refractivity contribution in [2.24, 2.45) is 0 Å². The molecule has 0 spiro atoms. The van der Waals surface area contributed by atoms with Crippen LogP contribution in [0.1, 0.15) is 5.82 Å². The maximum absolute atomic E-state index is 12.9. The molecule has 1 N–H and O–H groups in total.